The van der Waals surface area contributed by atoms with Gasteiger partial charge in [0, 0.05) is 24.7 Å². The van der Waals surface area contributed by atoms with E-state index in [2.05, 4.69) is 13.8 Å². The van der Waals surface area contributed by atoms with Crippen LogP contribution in [0.2, 0.25) is 0 Å². The lowest BCUT2D eigenvalue weighted by atomic mass is 9.61. The summed E-state index contributed by atoms with van der Waals surface area (Å²) in [7, 11) is 1.79. The van der Waals surface area contributed by atoms with E-state index in [0.29, 0.717) is 17.0 Å². The zero-order valence-electron chi connectivity index (χ0n) is 25.6. The molecule has 1 unspecified atom stereocenters. The smallest absolute Gasteiger partial charge is 0.131 e. The Kier molecular flexibility index (Phi) is 12.1. The van der Waals surface area contributed by atoms with Gasteiger partial charge in [0.15, 0.2) is 0 Å². The predicted molar refractivity (Wildman–Crippen MR) is 165 cm³/mol. The first-order chi connectivity index (χ1) is 19.5. The monoisotopic (exact) mass is 552 g/mol. The second-order valence-electron chi connectivity index (χ2n) is 13.2. The van der Waals surface area contributed by atoms with Crippen molar-refractivity contribution in [1.29, 1.82) is 0 Å². The summed E-state index contributed by atoms with van der Waals surface area (Å²) in [6.45, 7) is 5.41. The Labute approximate surface area is 243 Å². The maximum Gasteiger partial charge on any atom is 0.131 e. The van der Waals surface area contributed by atoms with Crippen LogP contribution in [-0.4, -0.2) is 13.7 Å². The molecule has 2 aromatic rings. The Morgan fingerprint density at radius 2 is 1.55 bits per heavy atom. The molecule has 0 bridgehead atoms. The second kappa shape index (κ2) is 15.5. The van der Waals surface area contributed by atoms with Crippen LogP contribution in [0.5, 0.6) is 0 Å². The fourth-order valence-corrected chi connectivity index (χ4v) is 8.04. The standard InChI is InChI=1S/C37H54F2O/c1-4-11-28(2)37(23-8-5-9-24-37)34-22-20-32(27-36(34)39)33-21-19-31(26-35(33)38)13-7-6-12-29-15-17-30(18-16-29)14-10-25-40-3/h19-22,26-30H,4-18,23-25H2,1-3H3. The highest BCUT2D eigenvalue weighted by Gasteiger charge is 2.40. The molecular formula is C37H54F2O. The lowest BCUT2D eigenvalue weighted by Crippen LogP contribution is -2.37. The highest BCUT2D eigenvalue weighted by Crippen LogP contribution is 2.48. The van der Waals surface area contributed by atoms with Gasteiger partial charge in [-0.2, -0.15) is 0 Å². The maximum absolute atomic E-state index is 15.7. The zero-order valence-corrected chi connectivity index (χ0v) is 25.6. The van der Waals surface area contributed by atoms with Crippen LogP contribution in [0, 0.1) is 29.4 Å². The fourth-order valence-electron chi connectivity index (χ4n) is 8.04. The van der Waals surface area contributed by atoms with Gasteiger partial charge in [0.25, 0.3) is 0 Å². The van der Waals surface area contributed by atoms with Gasteiger partial charge in [-0.1, -0.05) is 109 Å². The van der Waals surface area contributed by atoms with Crippen molar-refractivity contribution in [2.24, 2.45) is 17.8 Å². The van der Waals surface area contributed by atoms with E-state index in [1.165, 1.54) is 70.6 Å². The van der Waals surface area contributed by atoms with Crippen molar-refractivity contribution in [3.8, 4) is 11.1 Å². The number of hydrogen-bond donors (Lipinski definition) is 0. The predicted octanol–water partition coefficient (Wildman–Crippen LogP) is 11.2. The molecule has 1 atom stereocenters. The Morgan fingerprint density at radius 3 is 2.17 bits per heavy atom. The third-order valence-electron chi connectivity index (χ3n) is 10.5. The Morgan fingerprint density at radius 1 is 0.850 bits per heavy atom. The van der Waals surface area contributed by atoms with E-state index in [0.717, 1.165) is 68.1 Å². The van der Waals surface area contributed by atoms with Crippen LogP contribution in [0.25, 0.3) is 11.1 Å². The molecule has 222 valence electrons. The van der Waals surface area contributed by atoms with E-state index < -0.39 is 0 Å². The minimum absolute atomic E-state index is 0.0807. The summed E-state index contributed by atoms with van der Waals surface area (Å²) in [6, 6.07) is 11.1. The quantitative estimate of drug-likeness (QED) is 0.212. The summed E-state index contributed by atoms with van der Waals surface area (Å²) in [5, 5.41) is 0. The first-order valence-corrected chi connectivity index (χ1v) is 16.5. The van der Waals surface area contributed by atoms with E-state index in [4.69, 9.17) is 4.74 Å². The van der Waals surface area contributed by atoms with E-state index >= 15 is 8.78 Å². The van der Waals surface area contributed by atoms with Crippen LogP contribution in [0.15, 0.2) is 36.4 Å². The van der Waals surface area contributed by atoms with E-state index in [9.17, 15) is 0 Å². The average molecular weight is 553 g/mol. The number of rotatable bonds is 14. The molecule has 0 amide bonds. The number of methoxy groups -OCH3 is 1. The van der Waals surface area contributed by atoms with Crippen LogP contribution in [0.4, 0.5) is 8.78 Å². The largest absolute Gasteiger partial charge is 0.385 e. The highest BCUT2D eigenvalue weighted by molar-refractivity contribution is 5.65. The van der Waals surface area contributed by atoms with Crippen LogP contribution in [0.1, 0.15) is 128 Å². The van der Waals surface area contributed by atoms with E-state index in [1.54, 1.807) is 19.2 Å². The number of unbranched alkanes of at least 4 members (excludes halogenated alkanes) is 1. The van der Waals surface area contributed by atoms with Gasteiger partial charge in [-0.3, -0.25) is 0 Å². The fraction of sp³-hybridized carbons (Fsp3) is 0.676. The third kappa shape index (κ3) is 7.96. The number of halogens is 2. The van der Waals surface area contributed by atoms with Crippen molar-refractivity contribution in [2.45, 2.75) is 128 Å². The zero-order chi connectivity index (χ0) is 28.4. The number of ether oxygens (including phenoxy) is 1. The minimum Gasteiger partial charge on any atom is -0.385 e. The summed E-state index contributed by atoms with van der Waals surface area (Å²) in [6.07, 6.45) is 20.5. The normalized spacial score (nSPS) is 21.8. The van der Waals surface area contributed by atoms with Crippen molar-refractivity contribution in [3.63, 3.8) is 0 Å². The van der Waals surface area contributed by atoms with Gasteiger partial charge in [-0.25, -0.2) is 8.78 Å². The molecule has 0 saturated heterocycles. The SMILES string of the molecule is CCCC(C)C1(c2ccc(-c3ccc(CCCCC4CCC(CCCOC)CC4)cc3F)cc2F)CCCCC1. The van der Waals surface area contributed by atoms with Crippen molar-refractivity contribution < 1.29 is 13.5 Å². The molecule has 2 fully saturated rings. The molecule has 3 heteroatoms. The van der Waals surface area contributed by atoms with Gasteiger partial charge in [0.1, 0.15) is 11.6 Å². The number of benzene rings is 2. The summed E-state index contributed by atoms with van der Waals surface area (Å²) >= 11 is 0. The molecular weight excluding hydrogens is 498 g/mol. The van der Waals surface area contributed by atoms with Crippen molar-refractivity contribution >= 4 is 0 Å². The summed E-state index contributed by atoms with van der Waals surface area (Å²) in [5.74, 6) is 1.83. The molecule has 0 aliphatic heterocycles. The maximum atomic E-state index is 15.7. The first kappa shape index (κ1) is 31.2. The molecule has 0 N–H and O–H groups in total. The average Bonchev–Trinajstić information content (AvgIpc) is 2.97. The molecule has 2 aromatic carbocycles. The topological polar surface area (TPSA) is 9.23 Å². The molecule has 4 rings (SSSR count). The Hall–Kier alpha value is -1.74. The van der Waals surface area contributed by atoms with E-state index in [-0.39, 0.29) is 17.0 Å². The molecule has 0 heterocycles. The summed E-state index contributed by atoms with van der Waals surface area (Å²) in [5.41, 5.74) is 2.99. The molecule has 2 aliphatic carbocycles. The molecule has 0 aromatic heterocycles. The van der Waals surface area contributed by atoms with Gasteiger partial charge in [-0.15, -0.1) is 0 Å². The van der Waals surface area contributed by atoms with Gasteiger partial charge in [0.05, 0.1) is 0 Å². The van der Waals surface area contributed by atoms with Crippen molar-refractivity contribution in [2.75, 3.05) is 13.7 Å². The lowest BCUT2D eigenvalue weighted by Gasteiger charge is -2.43. The van der Waals surface area contributed by atoms with Crippen LogP contribution < -0.4 is 0 Å². The van der Waals surface area contributed by atoms with Gasteiger partial charge in [0.2, 0.25) is 0 Å². The van der Waals surface area contributed by atoms with Gasteiger partial charge >= 0.3 is 0 Å². The Balaban J connectivity index is 1.30. The number of aryl methyl sites for hydroxylation is 1. The summed E-state index contributed by atoms with van der Waals surface area (Å²) in [4.78, 5) is 0. The lowest BCUT2D eigenvalue weighted by molar-refractivity contribution is 0.175. The van der Waals surface area contributed by atoms with Gasteiger partial charge < -0.3 is 4.74 Å². The molecule has 0 radical (unpaired) electrons. The van der Waals surface area contributed by atoms with Crippen molar-refractivity contribution in [1.82, 2.24) is 0 Å². The van der Waals surface area contributed by atoms with Crippen LogP contribution in [0.3, 0.4) is 0 Å². The molecule has 2 aliphatic rings. The van der Waals surface area contributed by atoms with E-state index in [1.807, 2.05) is 24.3 Å². The summed E-state index contributed by atoms with van der Waals surface area (Å²) < 4.78 is 36.1. The van der Waals surface area contributed by atoms with Crippen LogP contribution in [-0.2, 0) is 16.6 Å². The second-order valence-corrected chi connectivity index (χ2v) is 13.2. The molecule has 2 saturated carbocycles. The Bertz CT molecular complexity index is 1030. The van der Waals surface area contributed by atoms with Crippen LogP contribution >= 0.6 is 0 Å². The minimum atomic E-state index is -0.233. The van der Waals surface area contributed by atoms with Crippen molar-refractivity contribution in [3.05, 3.63) is 59.2 Å². The molecule has 0 spiro atoms. The highest BCUT2D eigenvalue weighted by atomic mass is 19.1. The number of hydrogen-bond acceptors (Lipinski definition) is 1. The van der Waals surface area contributed by atoms with Gasteiger partial charge in [-0.05, 0) is 85.1 Å². The molecule has 40 heavy (non-hydrogen) atoms. The molecule has 1 nitrogen and oxygen atoms in total. The first-order valence-electron chi connectivity index (χ1n) is 16.5. The third-order valence-corrected chi connectivity index (χ3v) is 10.5.